The molecule has 0 spiro atoms. The molecule has 1 aliphatic carbocycles. The maximum Gasteiger partial charge on any atom is 0.222 e. The number of nitrogens with zero attached hydrogens (tertiary/aromatic N) is 3. The average molecular weight is 351 g/mol. The standard InChI is InChI=1S/C20H25N5O/c21-17-8-16(9-17)18-10-19(24-13-23-18)22-11-14-4-1-2-5-15(14)12-25-7-3-6-20(25)26/h1-2,4-5,10,13,16-17H,3,6-9,11-12,21H2,(H,22,23,24). The highest BCUT2D eigenvalue weighted by Crippen LogP contribution is 2.34. The molecule has 1 saturated carbocycles. The molecule has 2 aliphatic rings. The van der Waals surface area contributed by atoms with Gasteiger partial charge < -0.3 is 16.0 Å². The minimum Gasteiger partial charge on any atom is -0.366 e. The third-order valence-corrected chi connectivity index (χ3v) is 5.39. The first-order chi connectivity index (χ1) is 12.7. The number of amides is 1. The molecule has 1 aromatic carbocycles. The summed E-state index contributed by atoms with van der Waals surface area (Å²) in [6.07, 6.45) is 5.27. The summed E-state index contributed by atoms with van der Waals surface area (Å²) < 4.78 is 0. The third kappa shape index (κ3) is 3.70. The van der Waals surface area contributed by atoms with E-state index in [0.29, 0.717) is 31.5 Å². The highest BCUT2D eigenvalue weighted by Gasteiger charge is 2.28. The van der Waals surface area contributed by atoms with Gasteiger partial charge in [-0.15, -0.1) is 0 Å². The number of aromatic nitrogens is 2. The fourth-order valence-electron chi connectivity index (χ4n) is 3.74. The molecule has 0 atom stereocenters. The highest BCUT2D eigenvalue weighted by atomic mass is 16.2. The monoisotopic (exact) mass is 351 g/mol. The molecule has 6 heteroatoms. The summed E-state index contributed by atoms with van der Waals surface area (Å²) in [5.41, 5.74) is 9.34. The van der Waals surface area contributed by atoms with E-state index in [1.165, 1.54) is 11.1 Å². The summed E-state index contributed by atoms with van der Waals surface area (Å²) >= 11 is 0. The van der Waals surface area contributed by atoms with Crippen molar-refractivity contribution in [3.05, 3.63) is 53.5 Å². The fraction of sp³-hybridized carbons (Fsp3) is 0.450. The molecule has 4 rings (SSSR count). The van der Waals surface area contributed by atoms with Crippen molar-refractivity contribution >= 4 is 11.7 Å². The topological polar surface area (TPSA) is 84.1 Å². The minimum atomic E-state index is 0.256. The molecule has 3 N–H and O–H groups in total. The molecular weight excluding hydrogens is 326 g/mol. The maximum atomic E-state index is 11.9. The van der Waals surface area contributed by atoms with Gasteiger partial charge in [-0.25, -0.2) is 9.97 Å². The van der Waals surface area contributed by atoms with E-state index in [0.717, 1.165) is 37.3 Å². The Kier molecular flexibility index (Phi) is 4.84. The van der Waals surface area contributed by atoms with Crippen molar-refractivity contribution in [2.75, 3.05) is 11.9 Å². The number of hydrogen-bond donors (Lipinski definition) is 2. The van der Waals surface area contributed by atoms with E-state index in [1.54, 1.807) is 6.33 Å². The number of rotatable bonds is 6. The first kappa shape index (κ1) is 17.0. The van der Waals surface area contributed by atoms with Crippen LogP contribution in [0.2, 0.25) is 0 Å². The first-order valence-electron chi connectivity index (χ1n) is 9.35. The summed E-state index contributed by atoms with van der Waals surface area (Å²) in [7, 11) is 0. The number of carbonyl (C=O) groups is 1. The Morgan fingerprint density at radius 2 is 2.00 bits per heavy atom. The molecule has 2 fully saturated rings. The molecule has 136 valence electrons. The predicted octanol–water partition coefficient (Wildman–Crippen LogP) is 2.42. The second-order valence-corrected chi connectivity index (χ2v) is 7.30. The maximum absolute atomic E-state index is 11.9. The lowest BCUT2D eigenvalue weighted by atomic mass is 9.79. The van der Waals surface area contributed by atoms with Crippen LogP contribution in [0, 0.1) is 0 Å². The van der Waals surface area contributed by atoms with Crippen LogP contribution in [0.3, 0.4) is 0 Å². The van der Waals surface area contributed by atoms with Crippen molar-refractivity contribution in [3.63, 3.8) is 0 Å². The van der Waals surface area contributed by atoms with Gasteiger partial charge in [-0.1, -0.05) is 24.3 Å². The SMILES string of the molecule is NC1CC(c2cc(NCc3ccccc3CN3CCCC3=O)ncn2)C1. The van der Waals surface area contributed by atoms with Crippen molar-refractivity contribution in [1.82, 2.24) is 14.9 Å². The molecule has 2 aromatic rings. The number of nitrogens with two attached hydrogens (primary N) is 1. The van der Waals surface area contributed by atoms with E-state index in [-0.39, 0.29) is 5.91 Å². The van der Waals surface area contributed by atoms with Crippen molar-refractivity contribution in [2.24, 2.45) is 5.73 Å². The average Bonchev–Trinajstić information content (AvgIpc) is 3.03. The summed E-state index contributed by atoms with van der Waals surface area (Å²) in [5.74, 6) is 1.55. The van der Waals surface area contributed by atoms with Gasteiger partial charge >= 0.3 is 0 Å². The summed E-state index contributed by atoms with van der Waals surface area (Å²) in [6.45, 7) is 2.23. The normalized spacial score (nSPS) is 22.3. The highest BCUT2D eigenvalue weighted by molar-refractivity contribution is 5.78. The summed E-state index contributed by atoms with van der Waals surface area (Å²) in [4.78, 5) is 22.6. The largest absolute Gasteiger partial charge is 0.366 e. The lowest BCUT2D eigenvalue weighted by Gasteiger charge is -2.31. The second kappa shape index (κ2) is 7.41. The van der Waals surface area contributed by atoms with Gasteiger partial charge in [0.05, 0.1) is 0 Å². The molecule has 1 amide bonds. The molecule has 26 heavy (non-hydrogen) atoms. The molecule has 0 bridgehead atoms. The van der Waals surface area contributed by atoms with Crippen LogP contribution in [-0.2, 0) is 17.9 Å². The van der Waals surface area contributed by atoms with Crippen molar-refractivity contribution in [2.45, 2.75) is 50.7 Å². The van der Waals surface area contributed by atoms with E-state index in [4.69, 9.17) is 5.73 Å². The number of anilines is 1. The van der Waals surface area contributed by atoms with Crippen LogP contribution in [-0.4, -0.2) is 33.4 Å². The summed E-state index contributed by atoms with van der Waals surface area (Å²) in [6, 6.07) is 10.6. The Labute approximate surface area is 153 Å². The zero-order valence-corrected chi connectivity index (χ0v) is 14.9. The van der Waals surface area contributed by atoms with E-state index < -0.39 is 0 Å². The molecule has 0 radical (unpaired) electrons. The molecule has 6 nitrogen and oxygen atoms in total. The number of likely N-dealkylation sites (tertiary alicyclic amines) is 1. The van der Waals surface area contributed by atoms with Crippen molar-refractivity contribution in [1.29, 1.82) is 0 Å². The van der Waals surface area contributed by atoms with Crippen LogP contribution in [0.5, 0.6) is 0 Å². The molecule has 1 aliphatic heterocycles. The van der Waals surface area contributed by atoms with Gasteiger partial charge in [0, 0.05) is 49.8 Å². The van der Waals surface area contributed by atoms with Gasteiger partial charge in [-0.3, -0.25) is 4.79 Å². The molecule has 0 unspecified atom stereocenters. The van der Waals surface area contributed by atoms with Gasteiger partial charge in [0.25, 0.3) is 0 Å². The Balaban J connectivity index is 1.42. The Bertz CT molecular complexity index is 787. The van der Waals surface area contributed by atoms with Gasteiger partial charge in [0.15, 0.2) is 0 Å². The Morgan fingerprint density at radius 1 is 1.19 bits per heavy atom. The van der Waals surface area contributed by atoms with Crippen molar-refractivity contribution < 1.29 is 4.79 Å². The van der Waals surface area contributed by atoms with Crippen LogP contribution < -0.4 is 11.1 Å². The van der Waals surface area contributed by atoms with Gasteiger partial charge in [0.2, 0.25) is 5.91 Å². The first-order valence-corrected chi connectivity index (χ1v) is 9.35. The molecule has 1 saturated heterocycles. The van der Waals surface area contributed by atoms with Crippen LogP contribution >= 0.6 is 0 Å². The fourth-order valence-corrected chi connectivity index (χ4v) is 3.74. The zero-order valence-electron chi connectivity index (χ0n) is 14.9. The van der Waals surface area contributed by atoms with E-state index in [2.05, 4.69) is 27.4 Å². The lowest BCUT2D eigenvalue weighted by molar-refractivity contribution is -0.128. The smallest absolute Gasteiger partial charge is 0.222 e. The van der Waals surface area contributed by atoms with Crippen LogP contribution in [0.4, 0.5) is 5.82 Å². The molecule has 2 heterocycles. The third-order valence-electron chi connectivity index (χ3n) is 5.39. The van der Waals surface area contributed by atoms with E-state index in [9.17, 15) is 4.79 Å². The zero-order chi connectivity index (χ0) is 17.9. The summed E-state index contributed by atoms with van der Waals surface area (Å²) in [5, 5.41) is 3.41. The van der Waals surface area contributed by atoms with Gasteiger partial charge in [0.1, 0.15) is 12.1 Å². The van der Waals surface area contributed by atoms with Crippen LogP contribution in [0.15, 0.2) is 36.7 Å². The lowest BCUT2D eigenvalue weighted by Crippen LogP contribution is -2.35. The quantitative estimate of drug-likeness (QED) is 0.835. The van der Waals surface area contributed by atoms with E-state index >= 15 is 0 Å². The van der Waals surface area contributed by atoms with Gasteiger partial charge in [-0.2, -0.15) is 0 Å². The van der Waals surface area contributed by atoms with E-state index in [1.807, 2.05) is 23.1 Å². The number of carbonyl (C=O) groups excluding carboxylic acids is 1. The Hall–Kier alpha value is -2.47. The minimum absolute atomic E-state index is 0.256. The van der Waals surface area contributed by atoms with Crippen LogP contribution in [0.1, 0.15) is 48.4 Å². The second-order valence-electron chi connectivity index (χ2n) is 7.30. The molecular formula is C20H25N5O. The number of hydrogen-bond acceptors (Lipinski definition) is 5. The number of nitrogens with one attached hydrogen (secondary N) is 1. The van der Waals surface area contributed by atoms with Gasteiger partial charge in [-0.05, 0) is 30.4 Å². The predicted molar refractivity (Wildman–Crippen MR) is 100 cm³/mol. The van der Waals surface area contributed by atoms with Crippen LogP contribution in [0.25, 0.3) is 0 Å². The number of benzene rings is 1. The molecule has 1 aromatic heterocycles. The Morgan fingerprint density at radius 3 is 2.73 bits per heavy atom. The van der Waals surface area contributed by atoms with Crippen molar-refractivity contribution in [3.8, 4) is 0 Å².